The molecule has 1 aliphatic carbocycles. The number of rotatable bonds is 1. The lowest BCUT2D eigenvalue weighted by Crippen LogP contribution is -2.59. The fraction of sp³-hybridized carbons (Fsp3) is 0.692. The van der Waals surface area contributed by atoms with E-state index in [1.165, 1.54) is 43.6 Å². The van der Waals surface area contributed by atoms with Crippen molar-refractivity contribution in [3.8, 4) is 0 Å². The van der Waals surface area contributed by atoms with Gasteiger partial charge in [-0.05, 0) is 31.3 Å². The van der Waals surface area contributed by atoms with Crippen molar-refractivity contribution in [1.29, 1.82) is 0 Å². The Balaban J connectivity index is 1.65. The summed E-state index contributed by atoms with van der Waals surface area (Å²) in [4.78, 5) is 14.2. The van der Waals surface area contributed by atoms with Crippen LogP contribution < -0.4 is 0 Å². The molecule has 4 heteroatoms. The average Bonchev–Trinajstić information content (AvgIpc) is 2.72. The summed E-state index contributed by atoms with van der Waals surface area (Å²) in [6.45, 7) is 3.86. The highest BCUT2D eigenvalue weighted by Crippen LogP contribution is 2.44. The molecule has 0 atom stereocenters. The molecule has 92 valence electrons. The fourth-order valence-electron chi connectivity index (χ4n) is 3.19. The van der Waals surface area contributed by atoms with Crippen molar-refractivity contribution in [3.05, 3.63) is 16.6 Å². The molecule has 1 spiro atoms. The first-order valence-electron chi connectivity index (χ1n) is 6.40. The standard InChI is InChI=1S/C13H18N2OS/c1-10-11(7-17-14-10)12(16)15-8-13(9-15)5-3-2-4-6-13/h7H,2-6,8-9H2,1H3. The van der Waals surface area contributed by atoms with Gasteiger partial charge >= 0.3 is 0 Å². The molecule has 2 heterocycles. The van der Waals surface area contributed by atoms with Crippen LogP contribution in [0.25, 0.3) is 0 Å². The zero-order valence-corrected chi connectivity index (χ0v) is 11.1. The second-order valence-electron chi connectivity index (χ2n) is 5.54. The zero-order chi connectivity index (χ0) is 11.9. The SMILES string of the molecule is Cc1nscc1C(=O)N1CC2(CCCCC2)C1. The predicted octanol–water partition coefficient (Wildman–Crippen LogP) is 2.86. The van der Waals surface area contributed by atoms with Gasteiger partial charge in [0.15, 0.2) is 0 Å². The monoisotopic (exact) mass is 250 g/mol. The van der Waals surface area contributed by atoms with Crippen LogP contribution in [0.4, 0.5) is 0 Å². The molecule has 0 N–H and O–H groups in total. The Bertz CT molecular complexity index is 426. The van der Waals surface area contributed by atoms with E-state index in [0.717, 1.165) is 24.3 Å². The Hall–Kier alpha value is -0.900. The van der Waals surface area contributed by atoms with E-state index in [1.807, 2.05) is 17.2 Å². The number of aromatic nitrogens is 1. The molecule has 0 radical (unpaired) electrons. The highest BCUT2D eigenvalue weighted by atomic mass is 32.1. The van der Waals surface area contributed by atoms with Gasteiger partial charge in [0.1, 0.15) is 0 Å². The molecule has 0 bridgehead atoms. The quantitative estimate of drug-likeness (QED) is 0.768. The van der Waals surface area contributed by atoms with Gasteiger partial charge in [0, 0.05) is 23.9 Å². The van der Waals surface area contributed by atoms with Crippen LogP contribution in [-0.2, 0) is 0 Å². The Kier molecular flexibility index (Phi) is 2.69. The van der Waals surface area contributed by atoms with Crippen LogP contribution in [0.3, 0.4) is 0 Å². The smallest absolute Gasteiger partial charge is 0.256 e. The number of hydrogen-bond acceptors (Lipinski definition) is 3. The molecule has 0 aromatic carbocycles. The Morgan fingerprint density at radius 1 is 1.35 bits per heavy atom. The van der Waals surface area contributed by atoms with Crippen molar-refractivity contribution in [3.63, 3.8) is 0 Å². The molecule has 17 heavy (non-hydrogen) atoms. The minimum Gasteiger partial charge on any atom is -0.337 e. The highest BCUT2D eigenvalue weighted by molar-refractivity contribution is 7.03. The first kappa shape index (κ1) is 11.2. The molecule has 1 amide bonds. The summed E-state index contributed by atoms with van der Waals surface area (Å²) < 4.78 is 4.18. The third-order valence-electron chi connectivity index (χ3n) is 4.23. The molecule has 2 aliphatic rings. The van der Waals surface area contributed by atoms with Gasteiger partial charge in [0.25, 0.3) is 5.91 Å². The summed E-state index contributed by atoms with van der Waals surface area (Å²) in [5.74, 6) is 0.187. The zero-order valence-electron chi connectivity index (χ0n) is 10.2. The summed E-state index contributed by atoms with van der Waals surface area (Å²) in [5, 5.41) is 1.88. The summed E-state index contributed by atoms with van der Waals surface area (Å²) in [6.07, 6.45) is 6.71. The van der Waals surface area contributed by atoms with E-state index in [0.29, 0.717) is 5.41 Å². The van der Waals surface area contributed by atoms with Crippen LogP contribution in [0.1, 0.15) is 48.2 Å². The molecule has 3 nitrogen and oxygen atoms in total. The largest absolute Gasteiger partial charge is 0.337 e. The van der Waals surface area contributed by atoms with E-state index in [1.54, 1.807) is 0 Å². The van der Waals surface area contributed by atoms with Gasteiger partial charge in [-0.15, -0.1) is 0 Å². The number of carbonyl (C=O) groups is 1. The van der Waals surface area contributed by atoms with Crippen LogP contribution in [0.15, 0.2) is 5.38 Å². The Morgan fingerprint density at radius 2 is 2.06 bits per heavy atom. The molecule has 1 saturated carbocycles. The maximum Gasteiger partial charge on any atom is 0.256 e. The molecule has 3 rings (SSSR count). The van der Waals surface area contributed by atoms with Gasteiger partial charge in [-0.1, -0.05) is 19.3 Å². The summed E-state index contributed by atoms with van der Waals surface area (Å²) >= 11 is 1.38. The molecule has 1 saturated heterocycles. The van der Waals surface area contributed by atoms with Crippen molar-refractivity contribution in [2.75, 3.05) is 13.1 Å². The van der Waals surface area contributed by atoms with Crippen LogP contribution in [0.5, 0.6) is 0 Å². The number of likely N-dealkylation sites (tertiary alicyclic amines) is 1. The van der Waals surface area contributed by atoms with Crippen LogP contribution in [0, 0.1) is 12.3 Å². The molecule has 1 aromatic rings. The first-order chi connectivity index (χ1) is 8.20. The number of carbonyl (C=O) groups excluding carboxylic acids is 1. The number of amides is 1. The minimum absolute atomic E-state index is 0.187. The van der Waals surface area contributed by atoms with Gasteiger partial charge in [-0.2, -0.15) is 4.37 Å². The second-order valence-corrected chi connectivity index (χ2v) is 6.16. The van der Waals surface area contributed by atoms with E-state index >= 15 is 0 Å². The van der Waals surface area contributed by atoms with Crippen molar-refractivity contribution in [1.82, 2.24) is 9.27 Å². The van der Waals surface area contributed by atoms with Crippen molar-refractivity contribution in [2.24, 2.45) is 5.41 Å². The lowest BCUT2D eigenvalue weighted by atomic mass is 9.68. The number of hydrogen-bond donors (Lipinski definition) is 0. The third kappa shape index (κ3) is 1.88. The number of aryl methyl sites for hydroxylation is 1. The topological polar surface area (TPSA) is 33.2 Å². The van der Waals surface area contributed by atoms with E-state index in [-0.39, 0.29) is 5.91 Å². The van der Waals surface area contributed by atoms with E-state index in [2.05, 4.69) is 4.37 Å². The average molecular weight is 250 g/mol. The van der Waals surface area contributed by atoms with Crippen molar-refractivity contribution >= 4 is 17.4 Å². The summed E-state index contributed by atoms with van der Waals surface area (Å²) in [7, 11) is 0. The summed E-state index contributed by atoms with van der Waals surface area (Å²) in [5.41, 5.74) is 2.16. The van der Waals surface area contributed by atoms with Crippen LogP contribution >= 0.6 is 11.5 Å². The highest BCUT2D eigenvalue weighted by Gasteiger charge is 2.45. The van der Waals surface area contributed by atoms with Crippen LogP contribution in [-0.4, -0.2) is 28.3 Å². The fourth-order valence-corrected chi connectivity index (χ4v) is 3.88. The number of nitrogens with zero attached hydrogens (tertiary/aromatic N) is 2. The van der Waals surface area contributed by atoms with Crippen molar-refractivity contribution < 1.29 is 4.79 Å². The Labute approximate surface area is 106 Å². The molecule has 1 aromatic heterocycles. The maximum absolute atomic E-state index is 12.2. The maximum atomic E-state index is 12.2. The normalized spacial score (nSPS) is 22.5. The van der Waals surface area contributed by atoms with E-state index in [4.69, 9.17) is 0 Å². The van der Waals surface area contributed by atoms with Crippen LogP contribution in [0.2, 0.25) is 0 Å². The molecular formula is C13H18N2OS. The third-order valence-corrected chi connectivity index (χ3v) is 4.95. The predicted molar refractivity (Wildman–Crippen MR) is 68.3 cm³/mol. The summed E-state index contributed by atoms with van der Waals surface area (Å²) in [6, 6.07) is 0. The molecule has 2 fully saturated rings. The molecule has 0 unspecified atom stereocenters. The first-order valence-corrected chi connectivity index (χ1v) is 7.24. The minimum atomic E-state index is 0.187. The van der Waals surface area contributed by atoms with Gasteiger partial charge in [0.2, 0.25) is 0 Å². The molecular weight excluding hydrogens is 232 g/mol. The van der Waals surface area contributed by atoms with Gasteiger partial charge < -0.3 is 4.90 Å². The Morgan fingerprint density at radius 3 is 2.65 bits per heavy atom. The van der Waals surface area contributed by atoms with Gasteiger partial charge in [-0.3, -0.25) is 4.79 Å². The second kappa shape index (κ2) is 4.09. The lowest BCUT2D eigenvalue weighted by Gasteiger charge is -2.52. The molecule has 1 aliphatic heterocycles. The van der Waals surface area contributed by atoms with Gasteiger partial charge in [-0.25, -0.2) is 0 Å². The van der Waals surface area contributed by atoms with Gasteiger partial charge in [0.05, 0.1) is 11.3 Å². The van der Waals surface area contributed by atoms with Crippen molar-refractivity contribution in [2.45, 2.75) is 39.0 Å². The lowest BCUT2D eigenvalue weighted by molar-refractivity contribution is -0.0154. The van der Waals surface area contributed by atoms with E-state index in [9.17, 15) is 4.79 Å². The van der Waals surface area contributed by atoms with E-state index < -0.39 is 0 Å².